The van der Waals surface area contributed by atoms with Crippen LogP contribution >= 0.6 is 35.0 Å². The first kappa shape index (κ1) is 20.4. The van der Waals surface area contributed by atoms with Gasteiger partial charge in [-0.15, -0.1) is 11.8 Å². The van der Waals surface area contributed by atoms with Crippen LogP contribution in [0.3, 0.4) is 0 Å². The van der Waals surface area contributed by atoms with E-state index >= 15 is 0 Å². The van der Waals surface area contributed by atoms with Gasteiger partial charge in [-0.25, -0.2) is 0 Å². The van der Waals surface area contributed by atoms with Gasteiger partial charge in [0.15, 0.2) is 0 Å². The molecular formula is C15H10Cl2NNaO3S. The van der Waals surface area contributed by atoms with Crippen LogP contribution in [0.2, 0.25) is 10.0 Å². The van der Waals surface area contributed by atoms with Crippen molar-refractivity contribution in [3.05, 3.63) is 58.1 Å². The molecule has 1 N–H and O–H groups in total. The second kappa shape index (κ2) is 9.57. The van der Waals surface area contributed by atoms with Gasteiger partial charge < -0.3 is 15.2 Å². The molecule has 0 saturated carbocycles. The molecule has 2 aromatic carbocycles. The Labute approximate surface area is 169 Å². The average molecular weight is 378 g/mol. The second-order valence-electron chi connectivity index (χ2n) is 4.24. The van der Waals surface area contributed by atoms with Crippen molar-refractivity contribution in [3.8, 4) is 0 Å². The van der Waals surface area contributed by atoms with Crippen molar-refractivity contribution in [3.63, 3.8) is 0 Å². The van der Waals surface area contributed by atoms with Crippen LogP contribution in [0, 0.1) is 0 Å². The minimum atomic E-state index is -1.27. The molecule has 0 heterocycles. The minimum Gasteiger partial charge on any atom is -0.545 e. The summed E-state index contributed by atoms with van der Waals surface area (Å²) >= 11 is 12.9. The van der Waals surface area contributed by atoms with Gasteiger partial charge in [-0.2, -0.15) is 0 Å². The van der Waals surface area contributed by atoms with Gasteiger partial charge >= 0.3 is 29.6 Å². The summed E-state index contributed by atoms with van der Waals surface area (Å²) in [5.74, 6) is -1.53. The van der Waals surface area contributed by atoms with Crippen molar-refractivity contribution < 1.29 is 44.3 Å². The first-order valence-electron chi connectivity index (χ1n) is 6.15. The quantitative estimate of drug-likeness (QED) is 0.592. The third kappa shape index (κ3) is 6.03. The fourth-order valence-electron chi connectivity index (χ4n) is 1.68. The summed E-state index contributed by atoms with van der Waals surface area (Å²) in [6.45, 7) is 0. The summed E-state index contributed by atoms with van der Waals surface area (Å²) in [6.07, 6.45) is 0. The van der Waals surface area contributed by atoms with Gasteiger partial charge in [0, 0.05) is 15.5 Å². The molecule has 2 aromatic rings. The van der Waals surface area contributed by atoms with Gasteiger partial charge in [0.1, 0.15) is 0 Å². The van der Waals surface area contributed by atoms with E-state index in [2.05, 4.69) is 5.32 Å². The van der Waals surface area contributed by atoms with E-state index < -0.39 is 5.97 Å². The van der Waals surface area contributed by atoms with E-state index in [1.807, 2.05) is 0 Å². The Morgan fingerprint density at radius 2 is 1.83 bits per heavy atom. The SMILES string of the molecule is O=C(CSc1ccccc1C(=O)[O-])Nc1ccc(Cl)cc1Cl.[Na+]. The molecule has 1 amide bonds. The third-order valence-electron chi connectivity index (χ3n) is 2.67. The molecule has 0 bridgehead atoms. The Balaban J connectivity index is 0.00000264. The molecule has 0 radical (unpaired) electrons. The van der Waals surface area contributed by atoms with Gasteiger partial charge in [0.2, 0.25) is 5.91 Å². The Morgan fingerprint density at radius 1 is 1.13 bits per heavy atom. The number of carboxylic acid groups (broad SMARTS) is 1. The fraction of sp³-hybridized carbons (Fsp3) is 0.0667. The number of carbonyl (C=O) groups is 2. The molecule has 23 heavy (non-hydrogen) atoms. The molecule has 0 atom stereocenters. The van der Waals surface area contributed by atoms with E-state index in [4.69, 9.17) is 23.2 Å². The summed E-state index contributed by atoms with van der Waals surface area (Å²) in [5, 5.41) is 14.4. The molecule has 8 heteroatoms. The van der Waals surface area contributed by atoms with E-state index in [0.29, 0.717) is 20.6 Å². The zero-order chi connectivity index (χ0) is 16.1. The molecule has 0 spiro atoms. The molecule has 2 rings (SSSR count). The number of carbonyl (C=O) groups excluding carboxylic acids is 2. The van der Waals surface area contributed by atoms with E-state index in [9.17, 15) is 14.7 Å². The Hall–Kier alpha value is -0.690. The number of benzene rings is 2. The molecule has 0 fully saturated rings. The van der Waals surface area contributed by atoms with Crippen molar-refractivity contribution in [2.75, 3.05) is 11.1 Å². The summed E-state index contributed by atoms with van der Waals surface area (Å²) in [7, 11) is 0. The van der Waals surface area contributed by atoms with E-state index in [1.54, 1.807) is 30.3 Å². The number of amides is 1. The predicted molar refractivity (Wildman–Crippen MR) is 86.6 cm³/mol. The number of halogens is 2. The summed E-state index contributed by atoms with van der Waals surface area (Å²) < 4.78 is 0. The Bertz CT molecular complexity index is 728. The van der Waals surface area contributed by atoms with Gasteiger partial charge in [-0.3, -0.25) is 4.79 Å². The molecule has 0 aliphatic heterocycles. The van der Waals surface area contributed by atoms with Crippen LogP contribution in [0.4, 0.5) is 5.69 Å². The number of hydrogen-bond acceptors (Lipinski definition) is 4. The van der Waals surface area contributed by atoms with Crippen molar-refractivity contribution >= 4 is 52.5 Å². The van der Waals surface area contributed by atoms with E-state index in [1.165, 1.54) is 12.1 Å². The van der Waals surface area contributed by atoms with Gasteiger partial charge in [0.05, 0.1) is 22.4 Å². The normalized spacial score (nSPS) is 9.83. The Morgan fingerprint density at radius 3 is 2.48 bits per heavy atom. The molecule has 0 unspecified atom stereocenters. The van der Waals surface area contributed by atoms with Gasteiger partial charge in [0.25, 0.3) is 0 Å². The molecule has 0 aliphatic rings. The van der Waals surface area contributed by atoms with Crippen molar-refractivity contribution in [2.45, 2.75) is 4.90 Å². The molecule has 0 saturated heterocycles. The summed E-state index contributed by atoms with van der Waals surface area (Å²) in [4.78, 5) is 23.4. The molecule has 4 nitrogen and oxygen atoms in total. The fourth-order valence-corrected chi connectivity index (χ4v) is 2.98. The van der Waals surface area contributed by atoms with Crippen LogP contribution in [0.5, 0.6) is 0 Å². The maximum Gasteiger partial charge on any atom is 1.00 e. The maximum absolute atomic E-state index is 11.9. The van der Waals surface area contributed by atoms with Crippen LogP contribution in [-0.2, 0) is 4.79 Å². The van der Waals surface area contributed by atoms with Crippen LogP contribution < -0.4 is 40.0 Å². The van der Waals surface area contributed by atoms with Gasteiger partial charge in [-0.05, 0) is 24.3 Å². The van der Waals surface area contributed by atoms with Crippen LogP contribution in [-0.4, -0.2) is 17.6 Å². The molecule has 0 aliphatic carbocycles. The number of anilines is 1. The minimum absolute atomic E-state index is 0. The molecule has 114 valence electrons. The van der Waals surface area contributed by atoms with E-state index in [0.717, 1.165) is 11.8 Å². The van der Waals surface area contributed by atoms with Crippen molar-refractivity contribution in [2.24, 2.45) is 0 Å². The predicted octanol–water partition coefficient (Wildman–Crippen LogP) is 0.0917. The van der Waals surface area contributed by atoms with Crippen LogP contribution in [0.25, 0.3) is 0 Å². The largest absolute Gasteiger partial charge is 1.00 e. The van der Waals surface area contributed by atoms with Gasteiger partial charge in [-0.1, -0.05) is 41.4 Å². The third-order valence-corrected chi connectivity index (χ3v) is 4.29. The smallest absolute Gasteiger partial charge is 0.545 e. The second-order valence-corrected chi connectivity index (χ2v) is 6.11. The average Bonchev–Trinajstić information content (AvgIpc) is 2.48. The van der Waals surface area contributed by atoms with Crippen molar-refractivity contribution in [1.82, 2.24) is 0 Å². The van der Waals surface area contributed by atoms with Crippen LogP contribution in [0.15, 0.2) is 47.4 Å². The molecular weight excluding hydrogens is 368 g/mol. The zero-order valence-electron chi connectivity index (χ0n) is 12.1. The number of hydrogen-bond donors (Lipinski definition) is 1. The van der Waals surface area contributed by atoms with Crippen LogP contribution in [0.1, 0.15) is 10.4 Å². The number of carboxylic acids is 1. The summed E-state index contributed by atoms with van der Waals surface area (Å²) in [6, 6.07) is 11.1. The maximum atomic E-state index is 11.9. The first-order valence-corrected chi connectivity index (χ1v) is 7.89. The monoisotopic (exact) mass is 377 g/mol. The zero-order valence-corrected chi connectivity index (χ0v) is 16.5. The Kier molecular flexibility index (Phi) is 8.47. The number of nitrogens with one attached hydrogen (secondary N) is 1. The number of rotatable bonds is 5. The summed E-state index contributed by atoms with van der Waals surface area (Å²) in [5.41, 5.74) is 0.509. The standard InChI is InChI=1S/C15H11Cl2NO3S.Na/c16-9-5-6-12(11(17)7-9)18-14(19)8-22-13-4-2-1-3-10(13)15(20)21;/h1-7H,8H2,(H,18,19)(H,20,21);/q;+1/p-1. The van der Waals surface area contributed by atoms with E-state index in [-0.39, 0.29) is 46.8 Å². The number of thioether (sulfide) groups is 1. The number of aromatic carboxylic acids is 1. The topological polar surface area (TPSA) is 69.2 Å². The first-order chi connectivity index (χ1) is 10.5. The molecule has 0 aromatic heterocycles. The van der Waals surface area contributed by atoms with Crippen molar-refractivity contribution in [1.29, 1.82) is 0 Å².